The van der Waals surface area contributed by atoms with Crippen molar-refractivity contribution in [3.63, 3.8) is 0 Å². The van der Waals surface area contributed by atoms with Crippen molar-refractivity contribution >= 4 is 33.5 Å². The van der Waals surface area contributed by atoms with Gasteiger partial charge in [-0.15, -0.1) is 0 Å². The molecule has 0 unspecified atom stereocenters. The number of carbonyl (C=O) groups excluding carboxylic acids is 2. The fourth-order valence-electron chi connectivity index (χ4n) is 5.69. The molecule has 3 aromatic rings. The third kappa shape index (κ3) is 10.7. The average Bonchev–Trinajstić information content (AvgIpc) is 3.04. The van der Waals surface area contributed by atoms with Crippen molar-refractivity contribution in [3.8, 4) is 11.5 Å². The monoisotopic (exact) mass is 606 g/mol. The van der Waals surface area contributed by atoms with E-state index >= 15 is 0 Å². The molecule has 242 valence electrons. The lowest BCUT2D eigenvalue weighted by Crippen LogP contribution is -2.17. The van der Waals surface area contributed by atoms with Gasteiger partial charge in [-0.2, -0.15) is 0 Å². The molecule has 0 heterocycles. The maximum atomic E-state index is 12.6. The molecule has 0 aliphatic carbocycles. The van der Waals surface area contributed by atoms with Gasteiger partial charge < -0.3 is 18.9 Å². The highest BCUT2D eigenvalue weighted by atomic mass is 16.6. The predicted octanol–water partition coefficient (Wildman–Crippen LogP) is 9.68. The topological polar surface area (TPSA) is 71.1 Å². The smallest absolute Gasteiger partial charge is 0.344 e. The summed E-state index contributed by atoms with van der Waals surface area (Å²) in [5.74, 6) is 0.514. The van der Waals surface area contributed by atoms with E-state index in [1.807, 2.05) is 24.3 Å². The molecule has 6 nitrogen and oxygen atoms in total. The molecule has 3 rings (SSSR count). The van der Waals surface area contributed by atoms with Crippen LogP contribution in [0, 0.1) is 0 Å². The number of benzene rings is 3. The Morgan fingerprint density at radius 2 is 0.909 bits per heavy atom. The molecule has 0 aliphatic heterocycles. The summed E-state index contributed by atoms with van der Waals surface area (Å²) in [5.41, 5.74) is 2.44. The molecule has 0 aromatic heterocycles. The predicted molar refractivity (Wildman–Crippen MR) is 180 cm³/mol. The molecule has 0 spiro atoms. The molecule has 6 heteroatoms. The first kappa shape index (κ1) is 35.2. The number of rotatable bonds is 22. The normalized spacial score (nSPS) is 11.2. The van der Waals surface area contributed by atoms with E-state index < -0.39 is 0 Å². The third-order valence-corrected chi connectivity index (χ3v) is 8.20. The number of carbonyl (C=O) groups is 2. The molecule has 0 N–H and O–H groups in total. The maximum Gasteiger partial charge on any atom is 0.344 e. The minimum absolute atomic E-state index is 0.170. The Labute approximate surface area is 264 Å². The largest absolute Gasteiger partial charge is 0.481 e. The Morgan fingerprint density at radius 3 is 1.30 bits per heavy atom. The molecule has 0 bridgehead atoms. The van der Waals surface area contributed by atoms with Crippen molar-refractivity contribution in [1.29, 1.82) is 0 Å². The van der Waals surface area contributed by atoms with Gasteiger partial charge in [0.1, 0.15) is 11.5 Å². The summed E-state index contributed by atoms with van der Waals surface area (Å²) in [6.45, 7) is 9.17. The lowest BCUT2D eigenvalue weighted by molar-refractivity contribution is -0.147. The van der Waals surface area contributed by atoms with Crippen LogP contribution in [0.5, 0.6) is 11.5 Å². The molecule has 0 aliphatic rings. The summed E-state index contributed by atoms with van der Waals surface area (Å²) in [5, 5.41) is 3.37. The van der Waals surface area contributed by atoms with E-state index in [1.54, 1.807) is 0 Å². The molecular formula is C38H54O6. The summed E-state index contributed by atoms with van der Waals surface area (Å²) < 4.78 is 23.5. The van der Waals surface area contributed by atoms with Crippen LogP contribution < -0.4 is 9.47 Å². The number of aryl methyl sites for hydroxylation is 2. The number of hydrogen-bond acceptors (Lipinski definition) is 6. The summed E-state index contributed by atoms with van der Waals surface area (Å²) in [6.07, 6.45) is 15.3. The van der Waals surface area contributed by atoms with E-state index in [1.165, 1.54) is 62.5 Å². The molecule has 0 saturated carbocycles. The van der Waals surface area contributed by atoms with Gasteiger partial charge in [0.15, 0.2) is 13.2 Å². The van der Waals surface area contributed by atoms with E-state index in [0.717, 1.165) is 60.1 Å². The Bertz CT molecular complexity index is 1210. The molecule has 0 fully saturated rings. The van der Waals surface area contributed by atoms with Crippen molar-refractivity contribution in [2.24, 2.45) is 0 Å². The van der Waals surface area contributed by atoms with Crippen molar-refractivity contribution in [2.75, 3.05) is 26.4 Å². The van der Waals surface area contributed by atoms with Gasteiger partial charge in [-0.1, -0.05) is 116 Å². The van der Waals surface area contributed by atoms with Crippen LogP contribution in [0.1, 0.15) is 116 Å². The maximum absolute atomic E-state index is 12.6. The molecule has 44 heavy (non-hydrogen) atoms. The first-order valence-electron chi connectivity index (χ1n) is 17.1. The van der Waals surface area contributed by atoms with Gasteiger partial charge in [0.25, 0.3) is 0 Å². The van der Waals surface area contributed by atoms with Gasteiger partial charge in [0.2, 0.25) is 0 Å². The van der Waals surface area contributed by atoms with Crippen LogP contribution >= 0.6 is 0 Å². The SMILES string of the molecule is CCCCCCCCOC(=O)COc1c2ccccc2c(OCC(=O)OCCCCCCCC)c2cc(CC)c(CC)cc12. The van der Waals surface area contributed by atoms with Gasteiger partial charge in [-0.3, -0.25) is 0 Å². The van der Waals surface area contributed by atoms with E-state index in [2.05, 4.69) is 39.8 Å². The quantitative estimate of drug-likeness (QED) is 0.0644. The van der Waals surface area contributed by atoms with Crippen molar-refractivity contribution < 1.29 is 28.5 Å². The highest BCUT2D eigenvalue weighted by Gasteiger charge is 2.20. The molecule has 0 radical (unpaired) electrons. The first-order valence-corrected chi connectivity index (χ1v) is 17.1. The minimum atomic E-state index is -0.370. The zero-order chi connectivity index (χ0) is 31.6. The summed E-state index contributed by atoms with van der Waals surface area (Å²) in [7, 11) is 0. The van der Waals surface area contributed by atoms with Crippen molar-refractivity contribution in [2.45, 2.75) is 118 Å². The van der Waals surface area contributed by atoms with E-state index in [0.29, 0.717) is 24.7 Å². The van der Waals surface area contributed by atoms with E-state index in [9.17, 15) is 9.59 Å². The Hall–Kier alpha value is -3.28. The third-order valence-electron chi connectivity index (χ3n) is 8.20. The van der Waals surface area contributed by atoms with Gasteiger partial charge in [-0.05, 0) is 48.9 Å². The highest BCUT2D eigenvalue weighted by Crippen LogP contribution is 2.44. The lowest BCUT2D eigenvalue weighted by atomic mass is 9.93. The van der Waals surface area contributed by atoms with Gasteiger partial charge in [0, 0.05) is 21.5 Å². The Kier molecular flexibility index (Phi) is 15.9. The summed E-state index contributed by atoms with van der Waals surface area (Å²) in [4.78, 5) is 25.3. The minimum Gasteiger partial charge on any atom is -0.481 e. The fraction of sp³-hybridized carbons (Fsp3) is 0.579. The summed E-state index contributed by atoms with van der Waals surface area (Å²) in [6, 6.07) is 12.1. The fourth-order valence-corrected chi connectivity index (χ4v) is 5.69. The van der Waals surface area contributed by atoms with Gasteiger partial charge in [-0.25, -0.2) is 9.59 Å². The second-order valence-corrected chi connectivity index (χ2v) is 11.6. The number of unbranched alkanes of at least 4 members (excludes halogenated alkanes) is 10. The first-order chi connectivity index (χ1) is 21.5. The second kappa shape index (κ2) is 19.9. The van der Waals surface area contributed by atoms with Crippen molar-refractivity contribution in [1.82, 2.24) is 0 Å². The van der Waals surface area contributed by atoms with Gasteiger partial charge in [0.05, 0.1) is 13.2 Å². The molecule has 0 saturated heterocycles. The van der Waals surface area contributed by atoms with Crippen LogP contribution in [0.15, 0.2) is 36.4 Å². The van der Waals surface area contributed by atoms with Gasteiger partial charge >= 0.3 is 11.9 Å². The van der Waals surface area contributed by atoms with Crippen LogP contribution in [-0.4, -0.2) is 38.4 Å². The second-order valence-electron chi connectivity index (χ2n) is 11.6. The van der Waals surface area contributed by atoms with E-state index in [4.69, 9.17) is 18.9 Å². The molecule has 0 atom stereocenters. The lowest BCUT2D eigenvalue weighted by Gasteiger charge is -2.19. The zero-order valence-electron chi connectivity index (χ0n) is 27.6. The molecule has 3 aromatic carbocycles. The van der Waals surface area contributed by atoms with Crippen LogP contribution in [-0.2, 0) is 31.9 Å². The number of esters is 2. The Morgan fingerprint density at radius 1 is 0.523 bits per heavy atom. The zero-order valence-corrected chi connectivity index (χ0v) is 27.6. The van der Waals surface area contributed by atoms with Crippen LogP contribution in [0.25, 0.3) is 21.5 Å². The van der Waals surface area contributed by atoms with Crippen LogP contribution in [0.3, 0.4) is 0 Å². The number of hydrogen-bond donors (Lipinski definition) is 0. The summed E-state index contributed by atoms with van der Waals surface area (Å²) >= 11 is 0. The van der Waals surface area contributed by atoms with Crippen LogP contribution in [0.4, 0.5) is 0 Å². The number of fused-ring (bicyclic) bond motifs is 2. The molecule has 0 amide bonds. The highest BCUT2D eigenvalue weighted by molar-refractivity contribution is 6.11. The Balaban J connectivity index is 1.77. The standard InChI is InChI=1S/C38H54O6/c1-5-9-11-13-15-19-23-41-35(39)27-43-37-31-21-17-18-22-32(31)38(34-26-30(8-4)29(7-3)25-33(34)37)44-28-36(40)42-24-20-16-14-12-10-6-2/h17-18,21-22,25-26H,5-16,19-20,23-24,27-28H2,1-4H3. The molecular weight excluding hydrogens is 552 g/mol. The van der Waals surface area contributed by atoms with Crippen molar-refractivity contribution in [3.05, 3.63) is 47.5 Å². The number of ether oxygens (including phenoxy) is 4. The van der Waals surface area contributed by atoms with E-state index in [-0.39, 0.29) is 25.2 Å². The van der Waals surface area contributed by atoms with Crippen LogP contribution in [0.2, 0.25) is 0 Å². The average molecular weight is 607 g/mol.